The van der Waals surface area contributed by atoms with E-state index in [9.17, 15) is 9.18 Å². The summed E-state index contributed by atoms with van der Waals surface area (Å²) in [5.41, 5.74) is 0.923. The summed E-state index contributed by atoms with van der Waals surface area (Å²) in [5.74, 6) is -0.187. The maximum absolute atomic E-state index is 13.8. The number of nitrogens with zero attached hydrogens (tertiary/aromatic N) is 2. The topological polar surface area (TPSA) is 66.9 Å². The van der Waals surface area contributed by atoms with Crippen LogP contribution in [0.25, 0.3) is 10.3 Å². The zero-order valence-corrected chi connectivity index (χ0v) is 13.9. The van der Waals surface area contributed by atoms with Gasteiger partial charge >= 0.3 is 0 Å². The minimum absolute atomic E-state index is 0.189. The molecule has 24 heavy (non-hydrogen) atoms. The van der Waals surface area contributed by atoms with Gasteiger partial charge < -0.3 is 10.6 Å². The van der Waals surface area contributed by atoms with E-state index in [0.717, 1.165) is 0 Å². The summed E-state index contributed by atoms with van der Waals surface area (Å²) in [6.07, 6.45) is 1.73. The first-order valence-electron chi connectivity index (χ1n) is 6.95. The molecule has 0 saturated carbocycles. The predicted molar refractivity (Wildman–Crippen MR) is 95.6 cm³/mol. The van der Waals surface area contributed by atoms with Gasteiger partial charge in [-0.15, -0.1) is 6.58 Å². The van der Waals surface area contributed by atoms with E-state index in [-0.39, 0.29) is 18.0 Å². The van der Waals surface area contributed by atoms with Gasteiger partial charge in [-0.3, -0.25) is 4.79 Å². The normalized spacial score (nSPS) is 10.6. The molecule has 5 nitrogen and oxygen atoms in total. The van der Waals surface area contributed by atoms with E-state index in [1.165, 1.54) is 29.5 Å². The first-order chi connectivity index (χ1) is 11.5. The standard InChI is InChI=1S/C16H12ClFN4OS/c1-2-3-14(23)22-16-20-12-6-7-13(21-15(12)24-16)19-11-5-4-9(17)8-10(11)18/h2,4-8H,1,3H2,(H,19,21)(H,20,22,23). The number of rotatable bonds is 5. The average Bonchev–Trinajstić information content (AvgIpc) is 2.91. The van der Waals surface area contributed by atoms with Crippen molar-refractivity contribution in [3.63, 3.8) is 0 Å². The van der Waals surface area contributed by atoms with Crippen molar-refractivity contribution < 1.29 is 9.18 Å². The highest BCUT2D eigenvalue weighted by molar-refractivity contribution is 7.22. The lowest BCUT2D eigenvalue weighted by atomic mass is 10.3. The number of benzene rings is 1. The van der Waals surface area contributed by atoms with E-state index in [1.807, 2.05) is 0 Å². The molecule has 0 aliphatic rings. The Morgan fingerprint density at radius 2 is 2.17 bits per heavy atom. The molecule has 0 fully saturated rings. The van der Waals surface area contributed by atoms with Crippen molar-refractivity contribution in [3.8, 4) is 0 Å². The van der Waals surface area contributed by atoms with Crippen molar-refractivity contribution in [1.82, 2.24) is 9.97 Å². The summed E-state index contributed by atoms with van der Waals surface area (Å²) in [6.45, 7) is 3.51. The minimum atomic E-state index is -0.467. The number of anilines is 3. The van der Waals surface area contributed by atoms with Crippen LogP contribution in [0.1, 0.15) is 6.42 Å². The van der Waals surface area contributed by atoms with Gasteiger partial charge in [0.1, 0.15) is 22.0 Å². The lowest BCUT2D eigenvalue weighted by Crippen LogP contribution is -2.09. The van der Waals surface area contributed by atoms with Crippen molar-refractivity contribution in [1.29, 1.82) is 0 Å². The maximum Gasteiger partial charge on any atom is 0.229 e. The van der Waals surface area contributed by atoms with E-state index >= 15 is 0 Å². The molecular weight excluding hydrogens is 351 g/mol. The Balaban J connectivity index is 1.83. The van der Waals surface area contributed by atoms with Crippen LogP contribution in [0.4, 0.5) is 21.0 Å². The Morgan fingerprint density at radius 1 is 1.33 bits per heavy atom. The van der Waals surface area contributed by atoms with Crippen LogP contribution in [0.3, 0.4) is 0 Å². The van der Waals surface area contributed by atoms with Gasteiger partial charge in [0.15, 0.2) is 5.13 Å². The molecule has 1 amide bonds. The number of nitrogens with one attached hydrogen (secondary N) is 2. The molecule has 2 aromatic heterocycles. The third kappa shape index (κ3) is 3.69. The van der Waals surface area contributed by atoms with Crippen LogP contribution in [0.2, 0.25) is 5.02 Å². The summed E-state index contributed by atoms with van der Waals surface area (Å²) < 4.78 is 13.8. The van der Waals surface area contributed by atoms with Crippen LogP contribution in [-0.2, 0) is 4.79 Å². The fourth-order valence-corrected chi connectivity index (χ4v) is 2.98. The summed E-state index contributed by atoms with van der Waals surface area (Å²) in [6, 6.07) is 7.79. The first-order valence-corrected chi connectivity index (χ1v) is 8.15. The smallest absolute Gasteiger partial charge is 0.229 e. The van der Waals surface area contributed by atoms with Crippen LogP contribution in [0.5, 0.6) is 0 Å². The molecule has 0 unspecified atom stereocenters. The molecule has 0 saturated heterocycles. The van der Waals surface area contributed by atoms with Crippen LogP contribution in [0, 0.1) is 5.82 Å². The molecule has 0 aliphatic heterocycles. The molecule has 0 aliphatic carbocycles. The van der Waals surface area contributed by atoms with Crippen LogP contribution in [0.15, 0.2) is 43.0 Å². The number of carbonyl (C=O) groups is 1. The monoisotopic (exact) mass is 362 g/mol. The number of halogens is 2. The molecule has 0 bridgehead atoms. The summed E-state index contributed by atoms with van der Waals surface area (Å²) >= 11 is 6.97. The van der Waals surface area contributed by atoms with Gasteiger partial charge in [-0.25, -0.2) is 14.4 Å². The lowest BCUT2D eigenvalue weighted by molar-refractivity contribution is -0.115. The highest BCUT2D eigenvalue weighted by Crippen LogP contribution is 2.28. The van der Waals surface area contributed by atoms with Gasteiger partial charge in [-0.1, -0.05) is 29.0 Å². The predicted octanol–water partition coefficient (Wildman–Crippen LogP) is 4.74. The number of carbonyl (C=O) groups excluding carboxylic acids is 1. The Morgan fingerprint density at radius 3 is 2.92 bits per heavy atom. The van der Waals surface area contributed by atoms with Crippen molar-refractivity contribution in [2.75, 3.05) is 10.6 Å². The van der Waals surface area contributed by atoms with Gasteiger partial charge in [0, 0.05) is 11.4 Å². The number of hydrogen-bond acceptors (Lipinski definition) is 5. The van der Waals surface area contributed by atoms with Crippen molar-refractivity contribution >= 4 is 55.8 Å². The number of thiazole rings is 1. The Hall–Kier alpha value is -2.51. The average molecular weight is 363 g/mol. The Labute approximate surface area is 146 Å². The zero-order chi connectivity index (χ0) is 17.1. The third-order valence-corrected chi connectivity index (χ3v) is 4.14. The second kappa shape index (κ2) is 6.94. The highest BCUT2D eigenvalue weighted by Gasteiger charge is 2.10. The van der Waals surface area contributed by atoms with E-state index < -0.39 is 5.82 Å². The van der Waals surface area contributed by atoms with Crippen LogP contribution < -0.4 is 10.6 Å². The molecule has 3 aromatic rings. The van der Waals surface area contributed by atoms with E-state index in [4.69, 9.17) is 11.6 Å². The molecule has 0 atom stereocenters. The molecule has 0 spiro atoms. The second-order valence-corrected chi connectivity index (χ2v) is 6.24. The van der Waals surface area contributed by atoms with E-state index in [0.29, 0.717) is 26.3 Å². The van der Waals surface area contributed by atoms with Gasteiger partial charge in [-0.05, 0) is 30.3 Å². The first kappa shape index (κ1) is 16.4. The Kier molecular flexibility index (Phi) is 4.73. The highest BCUT2D eigenvalue weighted by atomic mass is 35.5. The fraction of sp³-hybridized carbons (Fsp3) is 0.0625. The lowest BCUT2D eigenvalue weighted by Gasteiger charge is -2.06. The second-order valence-electron chi connectivity index (χ2n) is 4.83. The van der Waals surface area contributed by atoms with E-state index in [2.05, 4.69) is 27.2 Å². The number of aromatic nitrogens is 2. The molecule has 3 rings (SSSR count). The molecule has 2 N–H and O–H groups in total. The molecule has 8 heteroatoms. The summed E-state index contributed by atoms with van der Waals surface area (Å²) in [4.78, 5) is 20.9. The molecule has 2 heterocycles. The third-order valence-electron chi connectivity index (χ3n) is 3.03. The molecular formula is C16H12ClFN4OS. The van der Waals surface area contributed by atoms with Crippen molar-refractivity contribution in [2.24, 2.45) is 0 Å². The quantitative estimate of drug-likeness (QED) is 0.643. The maximum atomic E-state index is 13.8. The van der Waals surface area contributed by atoms with Crippen molar-refractivity contribution in [2.45, 2.75) is 6.42 Å². The van der Waals surface area contributed by atoms with Gasteiger partial charge in [-0.2, -0.15) is 0 Å². The Bertz CT molecular complexity index is 928. The number of pyridine rings is 1. The minimum Gasteiger partial charge on any atom is -0.338 e. The van der Waals surface area contributed by atoms with E-state index in [1.54, 1.807) is 18.2 Å². The molecule has 0 radical (unpaired) electrons. The number of fused-ring (bicyclic) bond motifs is 1. The number of hydrogen-bond donors (Lipinski definition) is 2. The van der Waals surface area contributed by atoms with Crippen LogP contribution in [-0.4, -0.2) is 15.9 Å². The molecule has 1 aromatic carbocycles. The SMILES string of the molecule is C=CCC(=O)Nc1nc2ccc(Nc3ccc(Cl)cc3F)nc2s1. The molecule has 122 valence electrons. The van der Waals surface area contributed by atoms with Crippen molar-refractivity contribution in [3.05, 3.63) is 53.8 Å². The van der Waals surface area contributed by atoms with Crippen LogP contribution >= 0.6 is 22.9 Å². The number of amides is 1. The fourth-order valence-electron chi connectivity index (χ4n) is 1.97. The zero-order valence-electron chi connectivity index (χ0n) is 12.3. The van der Waals surface area contributed by atoms with Gasteiger partial charge in [0.05, 0.1) is 5.69 Å². The largest absolute Gasteiger partial charge is 0.338 e. The summed E-state index contributed by atoms with van der Waals surface area (Å²) in [5, 5.41) is 6.35. The van der Waals surface area contributed by atoms with Gasteiger partial charge in [0.25, 0.3) is 0 Å². The van der Waals surface area contributed by atoms with Gasteiger partial charge in [0.2, 0.25) is 5.91 Å². The summed E-state index contributed by atoms with van der Waals surface area (Å²) in [7, 11) is 0.